The van der Waals surface area contributed by atoms with Gasteiger partial charge in [-0.3, -0.25) is 14.9 Å². The van der Waals surface area contributed by atoms with Gasteiger partial charge in [-0.15, -0.1) is 0 Å². The topological polar surface area (TPSA) is 168 Å². The minimum absolute atomic E-state index is 0.0307. The van der Waals surface area contributed by atoms with Crippen LogP contribution in [0.25, 0.3) is 11.0 Å². The Morgan fingerprint density at radius 3 is 2.20 bits per heavy atom. The molecule has 2 heterocycles. The number of piperidine rings is 1. The first-order valence-electron chi connectivity index (χ1n) is 15.9. The lowest BCUT2D eigenvalue weighted by atomic mass is 9.89. The van der Waals surface area contributed by atoms with E-state index in [9.17, 15) is 24.0 Å². The molecule has 4 amide bonds. The maximum atomic E-state index is 13.2. The zero-order valence-corrected chi connectivity index (χ0v) is 27.3. The maximum Gasteiger partial charge on any atom is 0.411 e. The van der Waals surface area contributed by atoms with Crippen LogP contribution in [0.3, 0.4) is 0 Å². The van der Waals surface area contributed by atoms with Crippen molar-refractivity contribution in [3.63, 3.8) is 0 Å². The fourth-order valence-corrected chi connectivity index (χ4v) is 5.52. The molecule has 3 aromatic carbocycles. The lowest BCUT2D eigenvalue weighted by molar-refractivity contribution is -0.127. The van der Waals surface area contributed by atoms with Crippen LogP contribution in [0.4, 0.5) is 21.0 Å². The lowest BCUT2D eigenvalue weighted by Crippen LogP contribution is -2.54. The Hall–Kier alpha value is -5.69. The average molecular weight is 670 g/mol. The Labute approximate surface area is 282 Å². The number of fused-ring (bicyclic) bond motifs is 1. The van der Waals surface area contributed by atoms with Gasteiger partial charge in [0.2, 0.25) is 11.8 Å². The highest BCUT2D eigenvalue weighted by Gasteiger charge is 2.32. The summed E-state index contributed by atoms with van der Waals surface area (Å²) in [5.74, 6) is -1.03. The number of carbonyl (C=O) groups is 4. The van der Waals surface area contributed by atoms with Crippen molar-refractivity contribution in [3.8, 4) is 0 Å². The number of rotatable bonds is 11. The van der Waals surface area contributed by atoms with Crippen LogP contribution in [0.15, 0.2) is 88.1 Å². The van der Waals surface area contributed by atoms with Crippen molar-refractivity contribution in [1.29, 1.82) is 0 Å². The molecule has 1 aliphatic rings. The quantitative estimate of drug-likeness (QED) is 0.168. The zero-order valence-electron chi connectivity index (χ0n) is 27.3. The van der Waals surface area contributed by atoms with Crippen molar-refractivity contribution in [2.24, 2.45) is 5.92 Å². The Bertz CT molecular complexity index is 1840. The summed E-state index contributed by atoms with van der Waals surface area (Å²) in [6.07, 6.45) is 0.0212. The normalized spacial score (nSPS) is 14.0. The molecule has 1 saturated heterocycles. The van der Waals surface area contributed by atoms with Gasteiger partial charge in [-0.05, 0) is 86.8 Å². The highest BCUT2D eigenvalue weighted by molar-refractivity contribution is 5.96. The number of likely N-dealkylation sites (tertiary alicyclic amines) is 1. The summed E-state index contributed by atoms with van der Waals surface area (Å²) in [7, 11) is 2.01. The zero-order chi connectivity index (χ0) is 34.8. The molecular formula is C36H39N5O8. The number of nitrogens with one attached hydrogen (secondary N) is 4. The van der Waals surface area contributed by atoms with Gasteiger partial charge in [0.1, 0.15) is 24.8 Å². The summed E-state index contributed by atoms with van der Waals surface area (Å²) in [4.78, 5) is 64.7. The van der Waals surface area contributed by atoms with E-state index in [1.54, 1.807) is 49.4 Å². The van der Waals surface area contributed by atoms with E-state index in [2.05, 4.69) is 26.2 Å². The summed E-state index contributed by atoms with van der Waals surface area (Å²) in [6, 6.07) is 21.5. The molecule has 1 unspecified atom stereocenters. The van der Waals surface area contributed by atoms with Crippen molar-refractivity contribution in [1.82, 2.24) is 15.5 Å². The van der Waals surface area contributed by atoms with E-state index >= 15 is 0 Å². The van der Waals surface area contributed by atoms with Gasteiger partial charge < -0.3 is 34.7 Å². The van der Waals surface area contributed by atoms with E-state index in [0.29, 0.717) is 35.4 Å². The molecule has 13 heteroatoms. The smallest absolute Gasteiger partial charge is 0.411 e. The van der Waals surface area contributed by atoms with Gasteiger partial charge in [-0.2, -0.15) is 0 Å². The molecular weight excluding hydrogens is 630 g/mol. The third kappa shape index (κ3) is 10.1. The third-order valence-corrected chi connectivity index (χ3v) is 8.23. The molecule has 0 bridgehead atoms. The molecule has 0 spiro atoms. The van der Waals surface area contributed by atoms with Crippen LogP contribution in [0, 0.1) is 12.8 Å². The molecule has 49 heavy (non-hydrogen) atoms. The highest BCUT2D eigenvalue weighted by atomic mass is 16.6. The Morgan fingerprint density at radius 2 is 1.49 bits per heavy atom. The van der Waals surface area contributed by atoms with E-state index in [4.69, 9.17) is 13.9 Å². The number of aryl methyl sites for hydroxylation is 1. The summed E-state index contributed by atoms with van der Waals surface area (Å²) < 4.78 is 15.9. The third-order valence-electron chi connectivity index (χ3n) is 8.23. The second kappa shape index (κ2) is 16.4. The number of anilines is 2. The van der Waals surface area contributed by atoms with E-state index in [0.717, 1.165) is 29.6 Å². The molecule has 4 N–H and O–H groups in total. The predicted molar refractivity (Wildman–Crippen MR) is 183 cm³/mol. The maximum absolute atomic E-state index is 13.2. The van der Waals surface area contributed by atoms with Crippen LogP contribution in [-0.2, 0) is 32.3 Å². The van der Waals surface area contributed by atoms with Gasteiger partial charge in [0.05, 0.1) is 6.54 Å². The lowest BCUT2D eigenvalue weighted by Gasteiger charge is -2.33. The van der Waals surface area contributed by atoms with Crippen molar-refractivity contribution in [2.75, 3.05) is 37.3 Å². The van der Waals surface area contributed by atoms with Crippen molar-refractivity contribution in [3.05, 3.63) is 106 Å². The molecule has 1 aromatic heterocycles. The molecule has 5 rings (SSSR count). The van der Waals surface area contributed by atoms with E-state index in [-0.39, 0.29) is 25.7 Å². The van der Waals surface area contributed by atoms with Crippen LogP contribution in [0.1, 0.15) is 29.5 Å². The summed E-state index contributed by atoms with van der Waals surface area (Å²) >= 11 is 0. The molecule has 0 aliphatic carbocycles. The monoisotopic (exact) mass is 669 g/mol. The van der Waals surface area contributed by atoms with Gasteiger partial charge in [0.15, 0.2) is 0 Å². The standard InChI is InChI=1S/C36H39N5O8/c1-23-18-32(43)49-30-19-28(12-13-29(23)30)39-35(45)47-22-25-8-10-27(11-9-25)38-31(42)20-37-34(44)33(26-14-16-41(2)17-15-26)40-36(46)48-21-24-6-4-3-5-7-24/h3-13,18-19,26,33H,14-17,20-22H2,1-2H3,(H,37,44)(H,38,42)(H,39,45)(H,40,46). The number of alkyl carbamates (subject to hydrolysis) is 1. The number of ether oxygens (including phenoxy) is 2. The molecule has 256 valence electrons. The molecule has 0 saturated carbocycles. The van der Waals surface area contributed by atoms with Gasteiger partial charge >= 0.3 is 17.8 Å². The Balaban J connectivity index is 1.07. The van der Waals surface area contributed by atoms with Crippen molar-refractivity contribution in [2.45, 2.75) is 39.0 Å². The minimum Gasteiger partial charge on any atom is -0.445 e. The first kappa shape index (κ1) is 34.6. The highest BCUT2D eigenvalue weighted by Crippen LogP contribution is 2.22. The van der Waals surface area contributed by atoms with Crippen LogP contribution >= 0.6 is 0 Å². The van der Waals surface area contributed by atoms with Gasteiger partial charge in [0.25, 0.3) is 0 Å². The Morgan fingerprint density at radius 1 is 0.837 bits per heavy atom. The largest absolute Gasteiger partial charge is 0.445 e. The van der Waals surface area contributed by atoms with Gasteiger partial charge in [-0.1, -0.05) is 42.5 Å². The molecule has 4 aromatic rings. The number of hydrogen-bond acceptors (Lipinski definition) is 9. The molecule has 0 radical (unpaired) electrons. The van der Waals surface area contributed by atoms with E-state index < -0.39 is 35.7 Å². The van der Waals surface area contributed by atoms with Crippen molar-refractivity contribution >= 4 is 46.3 Å². The SMILES string of the molecule is Cc1cc(=O)oc2cc(NC(=O)OCc3ccc(NC(=O)CNC(=O)C(NC(=O)OCc4ccccc4)C4CCN(C)CC4)cc3)ccc12. The summed E-state index contributed by atoms with van der Waals surface area (Å²) in [6.45, 7) is 3.11. The fraction of sp³-hybridized carbons (Fsp3) is 0.306. The number of hydrogen-bond donors (Lipinski definition) is 4. The van der Waals surface area contributed by atoms with Gasteiger partial charge in [-0.25, -0.2) is 14.4 Å². The Kier molecular flexibility index (Phi) is 11.6. The number of nitrogens with zero attached hydrogens (tertiary/aromatic N) is 1. The van der Waals surface area contributed by atoms with Crippen LogP contribution in [-0.4, -0.2) is 61.6 Å². The molecule has 1 aliphatic heterocycles. The summed E-state index contributed by atoms with van der Waals surface area (Å²) in [5.41, 5.74) is 3.04. The van der Waals surface area contributed by atoms with Gasteiger partial charge in [0, 0.05) is 28.9 Å². The van der Waals surface area contributed by atoms with E-state index in [1.807, 2.05) is 37.4 Å². The second-order valence-electron chi connectivity index (χ2n) is 11.9. The second-order valence-corrected chi connectivity index (χ2v) is 11.9. The van der Waals surface area contributed by atoms with Crippen molar-refractivity contribution < 1.29 is 33.1 Å². The average Bonchev–Trinajstić information content (AvgIpc) is 3.09. The summed E-state index contributed by atoms with van der Waals surface area (Å²) in [5, 5.41) is 11.5. The molecule has 1 fully saturated rings. The predicted octanol–water partition coefficient (Wildman–Crippen LogP) is 4.54. The number of amides is 4. The molecule has 1 atom stereocenters. The van der Waals surface area contributed by atoms with Crippen LogP contribution < -0.4 is 26.9 Å². The minimum atomic E-state index is -0.854. The van der Waals surface area contributed by atoms with Crippen LogP contribution in [0.2, 0.25) is 0 Å². The molecule has 13 nitrogen and oxygen atoms in total. The first-order valence-corrected chi connectivity index (χ1v) is 15.9. The number of benzene rings is 3. The first-order chi connectivity index (χ1) is 23.6. The van der Waals surface area contributed by atoms with E-state index in [1.165, 1.54) is 6.07 Å². The number of carbonyl (C=O) groups excluding carboxylic acids is 4. The van der Waals surface area contributed by atoms with Crippen LogP contribution in [0.5, 0.6) is 0 Å². The fourth-order valence-electron chi connectivity index (χ4n) is 5.52.